The Hall–Kier alpha value is -5.74. The number of hydrogen-bond acceptors (Lipinski definition) is 11. The standard InChI is InChI=1S/C48H55FN8O5S2/c1-5-29-64(61,62)55-38-8-6-7-37(41(38)49)42-43(63-46(54-42)48(2,3)4)39-19-24-50-47(52-39)51-34-13-9-30(10-14-34)31-20-27-57(28-21-31)45(60)33-22-25-56(26-23-33)35-15-11-32(12-16-35)36-17-18-40(58)53-44(36)59/h6-16,19,24,31,33,36,55H,5,17-18,20-23,25-29H2,1-4H3,(H,50,51,52)(H,53,58,59)/t36-/m0/s1. The van der Waals surface area contributed by atoms with Crippen molar-refractivity contribution in [2.45, 2.75) is 89.9 Å². The number of rotatable bonds is 12. The summed E-state index contributed by atoms with van der Waals surface area (Å²) in [7, 11) is -3.72. The molecule has 16 heteroatoms. The molecule has 0 unspecified atom stereocenters. The molecule has 0 spiro atoms. The van der Waals surface area contributed by atoms with E-state index in [1.807, 2.05) is 62.1 Å². The molecule has 3 aromatic carbocycles. The van der Waals surface area contributed by atoms with Gasteiger partial charge in [-0.3, -0.25) is 24.4 Å². The van der Waals surface area contributed by atoms with Crippen LogP contribution in [0.4, 0.5) is 27.4 Å². The molecule has 2 aromatic heterocycles. The molecule has 3 aliphatic heterocycles. The highest BCUT2D eigenvalue weighted by molar-refractivity contribution is 7.92. The van der Waals surface area contributed by atoms with E-state index in [2.05, 4.69) is 37.4 Å². The molecular weight excluding hydrogens is 852 g/mol. The number of nitrogens with zero attached hydrogens (tertiary/aromatic N) is 5. The average molecular weight is 907 g/mol. The number of amides is 3. The zero-order valence-corrected chi connectivity index (χ0v) is 38.3. The van der Waals surface area contributed by atoms with Crippen molar-refractivity contribution in [2.24, 2.45) is 5.92 Å². The molecule has 13 nitrogen and oxygen atoms in total. The molecular formula is C48H55FN8O5S2. The van der Waals surface area contributed by atoms with Gasteiger partial charge in [0.05, 0.1) is 38.6 Å². The monoisotopic (exact) mass is 906 g/mol. The molecule has 3 N–H and O–H groups in total. The van der Waals surface area contributed by atoms with Crippen LogP contribution in [0.3, 0.4) is 0 Å². The molecule has 3 fully saturated rings. The second kappa shape index (κ2) is 18.8. The van der Waals surface area contributed by atoms with E-state index < -0.39 is 15.8 Å². The van der Waals surface area contributed by atoms with Gasteiger partial charge in [-0.25, -0.2) is 27.8 Å². The summed E-state index contributed by atoms with van der Waals surface area (Å²) in [6, 6.07) is 22.7. The van der Waals surface area contributed by atoms with Crippen molar-refractivity contribution < 1.29 is 27.2 Å². The zero-order chi connectivity index (χ0) is 45.2. The Morgan fingerprint density at radius 1 is 0.891 bits per heavy atom. The maximum atomic E-state index is 16.1. The summed E-state index contributed by atoms with van der Waals surface area (Å²) in [5.74, 6) is -0.597. The number of sulfonamides is 1. The van der Waals surface area contributed by atoms with Crippen molar-refractivity contribution >= 4 is 62.1 Å². The third kappa shape index (κ3) is 10.1. The van der Waals surface area contributed by atoms with Gasteiger partial charge < -0.3 is 15.1 Å². The first-order chi connectivity index (χ1) is 30.7. The fourth-order valence-corrected chi connectivity index (χ4v) is 11.0. The molecule has 0 radical (unpaired) electrons. The van der Waals surface area contributed by atoms with Gasteiger partial charge in [-0.15, -0.1) is 11.3 Å². The van der Waals surface area contributed by atoms with Crippen LogP contribution in [0.15, 0.2) is 79.0 Å². The van der Waals surface area contributed by atoms with Crippen molar-refractivity contribution in [2.75, 3.05) is 46.9 Å². The lowest BCUT2D eigenvalue weighted by atomic mass is 9.88. The lowest BCUT2D eigenvalue weighted by Gasteiger charge is -2.38. The Kier molecular flexibility index (Phi) is 13.2. The Labute approximate surface area is 378 Å². The molecule has 3 amide bonds. The molecule has 5 heterocycles. The highest BCUT2D eigenvalue weighted by Gasteiger charge is 2.33. The topological polar surface area (TPSA) is 167 Å². The van der Waals surface area contributed by atoms with Gasteiger partial charge in [0.25, 0.3) is 0 Å². The van der Waals surface area contributed by atoms with Crippen LogP contribution < -0.4 is 20.3 Å². The molecule has 8 rings (SSSR count). The van der Waals surface area contributed by atoms with Gasteiger partial charge >= 0.3 is 0 Å². The molecule has 1 atom stereocenters. The van der Waals surface area contributed by atoms with Crippen molar-refractivity contribution in [1.29, 1.82) is 0 Å². The molecule has 3 aliphatic rings. The number of benzene rings is 3. The van der Waals surface area contributed by atoms with Crippen LogP contribution in [0.5, 0.6) is 0 Å². The minimum atomic E-state index is -3.72. The van der Waals surface area contributed by atoms with Gasteiger partial charge in [-0.2, -0.15) is 0 Å². The molecule has 3 saturated heterocycles. The van der Waals surface area contributed by atoms with Crippen molar-refractivity contribution in [3.8, 4) is 21.8 Å². The van der Waals surface area contributed by atoms with Gasteiger partial charge in [-0.1, -0.05) is 58.0 Å². The normalized spacial score (nSPS) is 17.9. The van der Waals surface area contributed by atoms with E-state index in [4.69, 9.17) is 9.97 Å². The van der Waals surface area contributed by atoms with E-state index in [9.17, 15) is 22.8 Å². The third-order valence-electron chi connectivity index (χ3n) is 12.3. The van der Waals surface area contributed by atoms with Crippen LogP contribution in [-0.2, 0) is 29.8 Å². The Bertz CT molecular complexity index is 2620. The first-order valence-electron chi connectivity index (χ1n) is 22.1. The van der Waals surface area contributed by atoms with Crippen molar-refractivity contribution in [3.63, 3.8) is 0 Å². The smallest absolute Gasteiger partial charge is 0.234 e. The van der Waals surface area contributed by atoms with Gasteiger partial charge in [0.2, 0.25) is 33.7 Å². The largest absolute Gasteiger partial charge is 0.371 e. The number of likely N-dealkylation sites (tertiary alicyclic amines) is 1. The van der Waals surface area contributed by atoms with Crippen LogP contribution >= 0.6 is 11.3 Å². The second-order valence-corrected chi connectivity index (χ2v) is 20.8. The quantitative estimate of drug-likeness (QED) is 0.103. The predicted molar refractivity (Wildman–Crippen MR) is 250 cm³/mol. The highest BCUT2D eigenvalue weighted by Crippen LogP contribution is 2.42. The van der Waals surface area contributed by atoms with Gasteiger partial charge in [0.15, 0.2) is 5.82 Å². The number of hydrogen-bond donors (Lipinski definition) is 3. The van der Waals surface area contributed by atoms with E-state index in [-0.39, 0.29) is 52.0 Å². The van der Waals surface area contributed by atoms with E-state index >= 15 is 4.39 Å². The number of carbonyl (C=O) groups excluding carboxylic acids is 3. The Morgan fingerprint density at radius 3 is 2.27 bits per heavy atom. The van der Waals surface area contributed by atoms with E-state index in [0.29, 0.717) is 47.4 Å². The number of nitrogens with one attached hydrogen (secondary N) is 3. The zero-order valence-electron chi connectivity index (χ0n) is 36.7. The molecule has 0 saturated carbocycles. The maximum absolute atomic E-state index is 16.1. The number of thiazole rings is 1. The van der Waals surface area contributed by atoms with Gasteiger partial charge in [0, 0.05) is 67.1 Å². The van der Waals surface area contributed by atoms with Crippen LogP contribution in [0.1, 0.15) is 101 Å². The predicted octanol–water partition coefficient (Wildman–Crippen LogP) is 8.74. The number of piperidine rings is 3. The van der Waals surface area contributed by atoms with Gasteiger partial charge in [-0.05, 0) is 98.0 Å². The van der Waals surface area contributed by atoms with Crippen LogP contribution in [-0.4, -0.2) is 77.9 Å². The number of halogens is 1. The summed E-state index contributed by atoms with van der Waals surface area (Å²) >= 11 is 1.42. The fraction of sp³-hybridized carbons (Fsp3) is 0.417. The number of imide groups is 1. The summed E-state index contributed by atoms with van der Waals surface area (Å²) in [4.78, 5) is 56.7. The van der Waals surface area contributed by atoms with Crippen LogP contribution in [0.2, 0.25) is 0 Å². The SMILES string of the molecule is CCCS(=O)(=O)Nc1cccc(-c2nc(C(C)(C)C)sc2-c2ccnc(Nc3ccc(C4CCN(C(=O)C5CCN(c6ccc([C@@H]7CCC(=O)NC7=O)cc6)CC5)CC4)cc3)n2)c1F. The average Bonchev–Trinajstić information content (AvgIpc) is 3.74. The van der Waals surface area contributed by atoms with E-state index in [0.717, 1.165) is 73.8 Å². The summed E-state index contributed by atoms with van der Waals surface area (Å²) in [5, 5.41) is 6.54. The molecule has 0 bridgehead atoms. The van der Waals surface area contributed by atoms with Crippen molar-refractivity contribution in [3.05, 3.63) is 101 Å². The van der Waals surface area contributed by atoms with E-state index in [1.165, 1.54) is 23.0 Å². The first kappa shape index (κ1) is 44.9. The number of anilines is 4. The van der Waals surface area contributed by atoms with Crippen LogP contribution in [0, 0.1) is 11.7 Å². The maximum Gasteiger partial charge on any atom is 0.234 e. The van der Waals surface area contributed by atoms with Crippen molar-refractivity contribution in [1.82, 2.24) is 25.2 Å². The third-order valence-corrected chi connectivity index (χ3v) is 15.3. The molecule has 64 heavy (non-hydrogen) atoms. The second-order valence-electron chi connectivity index (χ2n) is 18.0. The molecule has 336 valence electrons. The summed E-state index contributed by atoms with van der Waals surface area (Å²) < 4.78 is 43.6. The van der Waals surface area contributed by atoms with E-state index in [1.54, 1.807) is 31.3 Å². The van der Waals surface area contributed by atoms with Gasteiger partial charge in [0.1, 0.15) is 0 Å². The fourth-order valence-electron chi connectivity index (χ4n) is 8.80. The number of aromatic nitrogens is 3. The Balaban J connectivity index is 0.865. The summed E-state index contributed by atoms with van der Waals surface area (Å²) in [6.45, 7) is 10.9. The molecule has 5 aromatic rings. The van der Waals surface area contributed by atoms with Crippen LogP contribution in [0.25, 0.3) is 21.8 Å². The molecule has 0 aliphatic carbocycles. The lowest BCUT2D eigenvalue weighted by Crippen LogP contribution is -2.45. The summed E-state index contributed by atoms with van der Waals surface area (Å²) in [5.41, 5.74) is 4.67. The minimum Gasteiger partial charge on any atom is -0.371 e. The summed E-state index contributed by atoms with van der Waals surface area (Å²) in [6.07, 6.45) is 6.32. The lowest BCUT2D eigenvalue weighted by molar-refractivity contribution is -0.137. The first-order valence-corrected chi connectivity index (χ1v) is 24.6. The highest BCUT2D eigenvalue weighted by atomic mass is 32.2. The number of carbonyl (C=O) groups is 3. The Morgan fingerprint density at radius 2 is 1.59 bits per heavy atom. The minimum absolute atomic E-state index is 0.0101.